The maximum Gasteiger partial charge on any atom is 0.213 e. The SMILES string of the molecule is OCCN(CCO)CCOc1ccccn1. The first-order valence-electron chi connectivity index (χ1n) is 5.34. The molecule has 0 amide bonds. The Balaban J connectivity index is 2.22. The average molecular weight is 226 g/mol. The third-order valence-corrected chi connectivity index (χ3v) is 2.13. The van der Waals surface area contributed by atoms with Crippen LogP contribution in [-0.2, 0) is 0 Å². The summed E-state index contributed by atoms with van der Waals surface area (Å²) in [7, 11) is 0. The van der Waals surface area contributed by atoms with Crippen LogP contribution in [0.15, 0.2) is 24.4 Å². The van der Waals surface area contributed by atoms with Gasteiger partial charge in [-0.05, 0) is 6.07 Å². The van der Waals surface area contributed by atoms with Gasteiger partial charge in [0.2, 0.25) is 5.88 Å². The lowest BCUT2D eigenvalue weighted by atomic mass is 10.4. The number of aromatic nitrogens is 1. The zero-order valence-corrected chi connectivity index (χ0v) is 9.25. The zero-order valence-electron chi connectivity index (χ0n) is 9.25. The Kier molecular flexibility index (Phi) is 6.48. The number of pyridine rings is 1. The van der Waals surface area contributed by atoms with Gasteiger partial charge in [-0.1, -0.05) is 6.07 Å². The zero-order chi connectivity index (χ0) is 11.6. The second-order valence-corrected chi connectivity index (χ2v) is 3.31. The number of nitrogens with zero attached hydrogens (tertiary/aromatic N) is 2. The second kappa shape index (κ2) is 8.04. The molecule has 2 N–H and O–H groups in total. The van der Waals surface area contributed by atoms with E-state index in [1.165, 1.54) is 0 Å². The smallest absolute Gasteiger partial charge is 0.213 e. The summed E-state index contributed by atoms with van der Waals surface area (Å²) < 4.78 is 5.41. The molecule has 0 aromatic carbocycles. The van der Waals surface area contributed by atoms with Crippen LogP contribution in [0.4, 0.5) is 0 Å². The predicted octanol–water partition coefficient (Wildman–Crippen LogP) is -0.253. The molecule has 0 atom stereocenters. The summed E-state index contributed by atoms with van der Waals surface area (Å²) in [5, 5.41) is 17.6. The van der Waals surface area contributed by atoms with Crippen molar-refractivity contribution in [1.82, 2.24) is 9.88 Å². The maximum atomic E-state index is 8.80. The van der Waals surface area contributed by atoms with Crippen LogP contribution in [0.5, 0.6) is 5.88 Å². The average Bonchev–Trinajstić information content (AvgIpc) is 2.31. The highest BCUT2D eigenvalue weighted by Crippen LogP contribution is 2.02. The molecule has 0 bridgehead atoms. The van der Waals surface area contributed by atoms with Crippen molar-refractivity contribution in [3.8, 4) is 5.88 Å². The molecule has 5 heteroatoms. The summed E-state index contributed by atoms with van der Waals surface area (Å²) in [4.78, 5) is 5.96. The molecule has 16 heavy (non-hydrogen) atoms. The third-order valence-electron chi connectivity index (χ3n) is 2.13. The van der Waals surface area contributed by atoms with Gasteiger partial charge in [-0.2, -0.15) is 0 Å². The van der Waals surface area contributed by atoms with Crippen molar-refractivity contribution in [2.45, 2.75) is 0 Å². The monoisotopic (exact) mass is 226 g/mol. The van der Waals surface area contributed by atoms with Gasteiger partial charge in [0.15, 0.2) is 0 Å². The minimum atomic E-state index is 0.0869. The molecule has 0 saturated heterocycles. The minimum absolute atomic E-state index is 0.0869. The maximum absolute atomic E-state index is 8.80. The lowest BCUT2D eigenvalue weighted by Gasteiger charge is -2.19. The van der Waals surface area contributed by atoms with E-state index in [0.29, 0.717) is 32.1 Å². The standard InChI is InChI=1S/C11H18N2O3/c14-8-5-13(6-9-15)7-10-16-11-3-1-2-4-12-11/h1-4,14-15H,5-10H2. The number of aliphatic hydroxyl groups is 2. The van der Waals surface area contributed by atoms with Gasteiger partial charge >= 0.3 is 0 Å². The van der Waals surface area contributed by atoms with E-state index in [4.69, 9.17) is 14.9 Å². The molecule has 1 heterocycles. The van der Waals surface area contributed by atoms with E-state index < -0.39 is 0 Å². The molecule has 0 unspecified atom stereocenters. The van der Waals surface area contributed by atoms with Crippen molar-refractivity contribution in [2.75, 3.05) is 39.5 Å². The summed E-state index contributed by atoms with van der Waals surface area (Å²) in [6.45, 7) is 2.43. The Morgan fingerprint density at radius 1 is 1.12 bits per heavy atom. The van der Waals surface area contributed by atoms with Crippen LogP contribution in [0, 0.1) is 0 Å². The molecule has 0 aliphatic heterocycles. The molecule has 1 rings (SSSR count). The quantitative estimate of drug-likeness (QED) is 0.639. The van der Waals surface area contributed by atoms with E-state index in [2.05, 4.69) is 4.98 Å². The molecule has 0 spiro atoms. The number of ether oxygens (including phenoxy) is 1. The highest BCUT2D eigenvalue weighted by molar-refractivity contribution is 5.08. The predicted molar refractivity (Wildman–Crippen MR) is 60.3 cm³/mol. The second-order valence-electron chi connectivity index (χ2n) is 3.31. The van der Waals surface area contributed by atoms with Gasteiger partial charge in [-0.25, -0.2) is 4.98 Å². The van der Waals surface area contributed by atoms with Crippen LogP contribution < -0.4 is 4.74 Å². The van der Waals surface area contributed by atoms with Crippen LogP contribution >= 0.6 is 0 Å². The highest BCUT2D eigenvalue weighted by Gasteiger charge is 2.03. The highest BCUT2D eigenvalue weighted by atomic mass is 16.5. The lowest BCUT2D eigenvalue weighted by Crippen LogP contribution is -2.33. The fourth-order valence-corrected chi connectivity index (χ4v) is 1.33. The largest absolute Gasteiger partial charge is 0.476 e. The molecule has 0 aliphatic rings. The van der Waals surface area contributed by atoms with E-state index >= 15 is 0 Å². The van der Waals surface area contributed by atoms with Crippen molar-refractivity contribution >= 4 is 0 Å². The van der Waals surface area contributed by atoms with Gasteiger partial charge in [0, 0.05) is 31.9 Å². The van der Waals surface area contributed by atoms with E-state index in [-0.39, 0.29) is 13.2 Å². The Labute approximate surface area is 95.3 Å². The number of rotatable bonds is 8. The summed E-state index contributed by atoms with van der Waals surface area (Å²) in [5.74, 6) is 0.593. The molecule has 90 valence electrons. The van der Waals surface area contributed by atoms with Gasteiger partial charge in [0.25, 0.3) is 0 Å². The number of hydrogen-bond donors (Lipinski definition) is 2. The summed E-state index contributed by atoms with van der Waals surface area (Å²) >= 11 is 0. The Bertz CT molecular complexity index is 263. The van der Waals surface area contributed by atoms with E-state index in [1.54, 1.807) is 12.3 Å². The normalized spacial score (nSPS) is 10.7. The molecule has 0 fully saturated rings. The minimum Gasteiger partial charge on any atom is -0.476 e. The third kappa shape index (κ3) is 5.06. The molecule has 0 saturated carbocycles. The molecule has 0 radical (unpaired) electrons. The molecular formula is C11H18N2O3. The van der Waals surface area contributed by atoms with Gasteiger partial charge in [-0.3, -0.25) is 4.90 Å². The van der Waals surface area contributed by atoms with Crippen molar-refractivity contribution in [2.24, 2.45) is 0 Å². The molecule has 5 nitrogen and oxygen atoms in total. The summed E-state index contributed by atoms with van der Waals surface area (Å²) in [6.07, 6.45) is 1.68. The first-order valence-corrected chi connectivity index (χ1v) is 5.34. The van der Waals surface area contributed by atoms with Crippen LogP contribution in [0.25, 0.3) is 0 Å². The van der Waals surface area contributed by atoms with Gasteiger partial charge < -0.3 is 14.9 Å². The summed E-state index contributed by atoms with van der Waals surface area (Å²) in [5.41, 5.74) is 0. The van der Waals surface area contributed by atoms with Gasteiger partial charge in [0.05, 0.1) is 13.2 Å². The van der Waals surface area contributed by atoms with Gasteiger partial charge in [0.1, 0.15) is 6.61 Å². The van der Waals surface area contributed by atoms with E-state index in [9.17, 15) is 0 Å². The van der Waals surface area contributed by atoms with Crippen molar-refractivity contribution < 1.29 is 14.9 Å². The van der Waals surface area contributed by atoms with E-state index in [0.717, 1.165) is 0 Å². The van der Waals surface area contributed by atoms with Crippen LogP contribution in [0.2, 0.25) is 0 Å². The van der Waals surface area contributed by atoms with Crippen molar-refractivity contribution in [1.29, 1.82) is 0 Å². The molecule has 1 aromatic heterocycles. The molecule has 1 aromatic rings. The molecule has 0 aliphatic carbocycles. The van der Waals surface area contributed by atoms with E-state index in [1.807, 2.05) is 17.0 Å². The first kappa shape index (κ1) is 12.9. The van der Waals surface area contributed by atoms with Crippen LogP contribution in [0.1, 0.15) is 0 Å². The Hall–Kier alpha value is -1.17. The van der Waals surface area contributed by atoms with Crippen molar-refractivity contribution in [3.63, 3.8) is 0 Å². The fraction of sp³-hybridized carbons (Fsp3) is 0.545. The van der Waals surface area contributed by atoms with Gasteiger partial charge in [-0.15, -0.1) is 0 Å². The first-order chi connectivity index (χ1) is 7.86. The molecular weight excluding hydrogens is 208 g/mol. The van der Waals surface area contributed by atoms with Crippen LogP contribution in [0.3, 0.4) is 0 Å². The fourth-order valence-electron chi connectivity index (χ4n) is 1.33. The van der Waals surface area contributed by atoms with Crippen LogP contribution in [-0.4, -0.2) is 59.6 Å². The lowest BCUT2D eigenvalue weighted by molar-refractivity contribution is 0.140. The topological polar surface area (TPSA) is 65.8 Å². The number of aliphatic hydroxyl groups excluding tert-OH is 2. The number of hydrogen-bond acceptors (Lipinski definition) is 5. The summed E-state index contributed by atoms with van der Waals surface area (Å²) in [6, 6.07) is 5.49. The Morgan fingerprint density at radius 3 is 2.44 bits per heavy atom. The van der Waals surface area contributed by atoms with Crippen molar-refractivity contribution in [3.05, 3.63) is 24.4 Å². The Morgan fingerprint density at radius 2 is 1.88 bits per heavy atom.